The van der Waals surface area contributed by atoms with Gasteiger partial charge in [-0.15, -0.1) is 4.83 Å². The molecule has 28 heavy (non-hydrogen) atoms. The average molecular weight is 420 g/mol. The third-order valence-electron chi connectivity index (χ3n) is 3.09. The van der Waals surface area contributed by atoms with Crippen LogP contribution in [0.3, 0.4) is 0 Å². The van der Waals surface area contributed by atoms with Crippen molar-refractivity contribution in [3.05, 3.63) is 29.3 Å². The van der Waals surface area contributed by atoms with Crippen molar-refractivity contribution in [2.24, 2.45) is 5.73 Å². The van der Waals surface area contributed by atoms with Crippen LogP contribution in [0.2, 0.25) is 0 Å². The van der Waals surface area contributed by atoms with Crippen molar-refractivity contribution >= 4 is 39.8 Å². The van der Waals surface area contributed by atoms with E-state index in [1.807, 2.05) is 5.32 Å². The molecule has 1 unspecified atom stereocenters. The number of aliphatic carboxylic acids is 1. The van der Waals surface area contributed by atoms with Crippen LogP contribution in [0.5, 0.6) is 0 Å². The number of nitrogens with zero attached hydrogens (tertiary/aromatic N) is 1. The molecule has 0 saturated heterocycles. The molecule has 0 heterocycles. The first-order chi connectivity index (χ1) is 12.7. The van der Waals surface area contributed by atoms with Gasteiger partial charge < -0.3 is 26.4 Å². The Morgan fingerprint density at radius 2 is 1.50 bits per heavy atom. The van der Waals surface area contributed by atoms with Crippen molar-refractivity contribution in [3.8, 4) is 0 Å². The molecule has 0 fully saturated rings. The fourth-order valence-corrected chi connectivity index (χ4v) is 2.34. The number of aromatic carboxylic acids is 2. The van der Waals surface area contributed by atoms with E-state index in [4.69, 9.17) is 20.5 Å². The van der Waals surface area contributed by atoms with Gasteiger partial charge in [-0.25, -0.2) is 14.4 Å². The van der Waals surface area contributed by atoms with E-state index in [0.717, 1.165) is 18.2 Å². The van der Waals surface area contributed by atoms with Gasteiger partial charge in [0.1, 0.15) is 0 Å². The normalized spacial score (nSPS) is 13.2. The standard InChI is InChI=1S/C13H16N4O10S/c1-5(14)10(18)15-9(13(23)24)17(16-28(25,26)27)8-3-6(11(19)20)2-7(4-8)12(21)22/h2-5,9,16H,14H2,1H3,(H,15,18)(H,19,20)(H,21,22)(H,23,24)(H,25,26,27)/t5-,9?/m0/s1. The molecule has 8 N–H and O–H groups in total. The first-order valence-corrected chi connectivity index (χ1v) is 8.61. The highest BCUT2D eigenvalue weighted by molar-refractivity contribution is 7.83. The molecule has 0 spiro atoms. The van der Waals surface area contributed by atoms with Gasteiger partial charge in [0.2, 0.25) is 12.1 Å². The lowest BCUT2D eigenvalue weighted by atomic mass is 10.1. The van der Waals surface area contributed by atoms with Gasteiger partial charge in [-0.05, 0) is 25.1 Å². The van der Waals surface area contributed by atoms with Crippen LogP contribution in [-0.2, 0) is 19.9 Å². The van der Waals surface area contributed by atoms with Crippen LogP contribution in [0.4, 0.5) is 5.69 Å². The Hall–Kier alpha value is -3.27. The quantitative estimate of drug-likeness (QED) is 0.131. The number of benzene rings is 1. The van der Waals surface area contributed by atoms with Crippen LogP contribution in [0.1, 0.15) is 27.6 Å². The molecule has 0 aliphatic rings. The van der Waals surface area contributed by atoms with Crippen molar-refractivity contribution in [2.45, 2.75) is 19.1 Å². The van der Waals surface area contributed by atoms with Crippen LogP contribution >= 0.6 is 0 Å². The van der Waals surface area contributed by atoms with Gasteiger partial charge in [0.15, 0.2) is 0 Å². The summed E-state index contributed by atoms with van der Waals surface area (Å²) in [7, 11) is -5.14. The van der Waals surface area contributed by atoms with E-state index in [9.17, 15) is 32.7 Å². The smallest absolute Gasteiger partial charge is 0.350 e. The van der Waals surface area contributed by atoms with Crippen molar-refractivity contribution in [3.63, 3.8) is 0 Å². The fraction of sp³-hybridized carbons (Fsp3) is 0.231. The number of carboxylic acid groups (broad SMARTS) is 3. The summed E-state index contributed by atoms with van der Waals surface area (Å²) in [5.41, 5.74) is 3.41. The van der Waals surface area contributed by atoms with E-state index in [1.54, 1.807) is 0 Å². The van der Waals surface area contributed by atoms with Crippen molar-refractivity contribution in [1.29, 1.82) is 0 Å². The molecule has 154 valence electrons. The highest BCUT2D eigenvalue weighted by Crippen LogP contribution is 2.21. The zero-order valence-corrected chi connectivity index (χ0v) is 14.9. The minimum Gasteiger partial charge on any atom is -0.478 e. The van der Waals surface area contributed by atoms with Crippen molar-refractivity contribution < 1.29 is 47.5 Å². The topological polar surface area (TPSA) is 237 Å². The Kier molecular flexibility index (Phi) is 7.00. The van der Waals surface area contributed by atoms with Crippen LogP contribution in [0.15, 0.2) is 18.2 Å². The number of hydrogen-bond acceptors (Lipinski definition) is 8. The third-order valence-corrected chi connectivity index (χ3v) is 3.52. The van der Waals surface area contributed by atoms with E-state index in [2.05, 4.69) is 0 Å². The van der Waals surface area contributed by atoms with Gasteiger partial charge >= 0.3 is 28.2 Å². The molecule has 0 aliphatic heterocycles. The predicted molar refractivity (Wildman–Crippen MR) is 90.7 cm³/mol. The van der Waals surface area contributed by atoms with E-state index < -0.39 is 63.1 Å². The number of nitrogens with two attached hydrogens (primary N) is 1. The largest absolute Gasteiger partial charge is 0.478 e. The Balaban J connectivity index is 3.64. The average Bonchev–Trinajstić information content (AvgIpc) is 2.55. The minimum atomic E-state index is -5.14. The second kappa shape index (κ2) is 8.61. The van der Waals surface area contributed by atoms with E-state index in [-0.39, 0.29) is 5.01 Å². The molecule has 0 saturated carbocycles. The Morgan fingerprint density at radius 1 is 1.04 bits per heavy atom. The molecule has 0 aromatic heterocycles. The van der Waals surface area contributed by atoms with Crippen LogP contribution in [-0.4, -0.2) is 64.3 Å². The SMILES string of the molecule is C[C@H](N)C(=O)NC(C(=O)O)N(NS(=O)(=O)O)c1cc(C(=O)O)cc(C(=O)O)c1. The zero-order valence-electron chi connectivity index (χ0n) is 14.1. The van der Waals surface area contributed by atoms with Gasteiger partial charge in [-0.1, -0.05) is 0 Å². The molecule has 0 radical (unpaired) electrons. The maximum absolute atomic E-state index is 11.8. The summed E-state index contributed by atoms with van der Waals surface area (Å²) in [4.78, 5) is 47.1. The summed E-state index contributed by atoms with van der Waals surface area (Å²) in [5, 5.41) is 29.5. The first kappa shape index (κ1) is 22.8. The monoisotopic (exact) mass is 420 g/mol. The Bertz CT molecular complexity index is 882. The molecule has 2 atom stereocenters. The van der Waals surface area contributed by atoms with Crippen LogP contribution < -0.4 is 20.9 Å². The number of carbonyl (C=O) groups is 4. The van der Waals surface area contributed by atoms with Crippen molar-refractivity contribution in [1.82, 2.24) is 10.1 Å². The van der Waals surface area contributed by atoms with Gasteiger partial charge in [0.25, 0.3) is 0 Å². The van der Waals surface area contributed by atoms with Crippen LogP contribution in [0, 0.1) is 0 Å². The molecular weight excluding hydrogens is 404 g/mol. The summed E-state index contributed by atoms with van der Waals surface area (Å²) in [6.45, 7) is 1.20. The summed E-state index contributed by atoms with van der Waals surface area (Å²) in [6.07, 6.45) is -2.23. The molecule has 1 amide bonds. The number of hydrazine groups is 1. The fourth-order valence-electron chi connectivity index (χ4n) is 1.88. The molecule has 0 aliphatic carbocycles. The number of carboxylic acids is 3. The lowest BCUT2D eigenvalue weighted by molar-refractivity contribution is -0.142. The summed E-state index contributed by atoms with van der Waals surface area (Å²) in [5.74, 6) is -6.10. The minimum absolute atomic E-state index is 0.150. The molecule has 15 heteroatoms. The number of carbonyl (C=O) groups excluding carboxylic acids is 1. The first-order valence-electron chi connectivity index (χ1n) is 7.17. The Morgan fingerprint density at radius 3 is 1.82 bits per heavy atom. The highest BCUT2D eigenvalue weighted by atomic mass is 32.2. The predicted octanol–water partition coefficient (Wildman–Crippen LogP) is -1.93. The van der Waals surface area contributed by atoms with Gasteiger partial charge in [-0.3, -0.25) is 14.4 Å². The van der Waals surface area contributed by atoms with E-state index in [1.165, 1.54) is 11.8 Å². The number of rotatable bonds is 9. The van der Waals surface area contributed by atoms with Crippen molar-refractivity contribution in [2.75, 3.05) is 5.01 Å². The summed E-state index contributed by atoms with van der Waals surface area (Å²) < 4.78 is 31.5. The molecule has 14 nitrogen and oxygen atoms in total. The zero-order chi connectivity index (χ0) is 21.8. The van der Waals surface area contributed by atoms with Gasteiger partial charge in [0.05, 0.1) is 22.9 Å². The third kappa shape index (κ3) is 6.16. The second-order valence-corrected chi connectivity index (χ2v) is 6.49. The van der Waals surface area contributed by atoms with Gasteiger partial charge in [-0.2, -0.15) is 8.42 Å². The lowest BCUT2D eigenvalue weighted by Crippen LogP contribution is -2.61. The summed E-state index contributed by atoms with van der Waals surface area (Å²) in [6, 6.07) is 0.965. The second-order valence-electron chi connectivity index (χ2n) is 5.35. The number of nitrogens with one attached hydrogen (secondary N) is 2. The molecule has 1 rings (SSSR count). The molecular formula is C13H16N4O10S. The number of amides is 1. The molecule has 0 bridgehead atoms. The maximum atomic E-state index is 11.8. The molecule has 1 aromatic carbocycles. The molecule has 1 aromatic rings. The van der Waals surface area contributed by atoms with Crippen LogP contribution in [0.25, 0.3) is 0 Å². The lowest BCUT2D eigenvalue weighted by Gasteiger charge is -2.30. The summed E-state index contributed by atoms with van der Waals surface area (Å²) >= 11 is 0. The van der Waals surface area contributed by atoms with E-state index >= 15 is 0 Å². The van der Waals surface area contributed by atoms with Gasteiger partial charge in [0, 0.05) is 0 Å². The van der Waals surface area contributed by atoms with E-state index in [0.29, 0.717) is 0 Å². The highest BCUT2D eigenvalue weighted by Gasteiger charge is 2.32. The number of anilines is 1. The Labute approximate surface area is 157 Å². The number of hydrogen-bond donors (Lipinski definition) is 7. The maximum Gasteiger partial charge on any atom is 0.350 e.